The lowest BCUT2D eigenvalue weighted by Gasteiger charge is -1.94. The van der Waals surface area contributed by atoms with Crippen LogP contribution < -0.4 is 11.3 Å². The van der Waals surface area contributed by atoms with Crippen LogP contribution in [0.15, 0.2) is 0 Å². The maximum absolute atomic E-state index is 9.10. The van der Waals surface area contributed by atoms with Crippen LogP contribution in [0.2, 0.25) is 0 Å². The van der Waals surface area contributed by atoms with Gasteiger partial charge in [0.2, 0.25) is 0 Å². The van der Waals surface area contributed by atoms with Gasteiger partial charge in [-0.3, -0.25) is 5.84 Å². The minimum Gasteiger partial charge on any atom is -0.473 e. The molecule has 1 unspecified atom stereocenters. The van der Waals surface area contributed by atoms with Crippen molar-refractivity contribution >= 4 is 11.9 Å². The van der Waals surface area contributed by atoms with Crippen LogP contribution in [-0.4, -0.2) is 33.5 Å². The Morgan fingerprint density at radius 3 is 1.55 bits per heavy atom. The number of carbonyl (C=O) groups is 2. The Morgan fingerprint density at radius 1 is 1.36 bits per heavy atom. The molecule has 6 N–H and O–H groups in total. The topological polar surface area (TPSA) is 133 Å². The van der Waals surface area contributed by atoms with E-state index in [0.29, 0.717) is 0 Å². The van der Waals surface area contributed by atoms with Crippen molar-refractivity contribution < 1.29 is 24.9 Å². The van der Waals surface area contributed by atoms with Gasteiger partial charge in [-0.05, 0) is 6.92 Å². The third kappa shape index (κ3) is 17.7. The first-order chi connectivity index (χ1) is 4.91. The molecule has 0 rings (SSSR count). The third-order valence-electron chi connectivity index (χ3n) is 0.424. The summed E-state index contributed by atoms with van der Waals surface area (Å²) in [6.07, 6.45) is -0.588. The van der Waals surface area contributed by atoms with Crippen molar-refractivity contribution in [2.75, 3.05) is 0 Å². The van der Waals surface area contributed by atoms with E-state index in [4.69, 9.17) is 24.9 Å². The summed E-state index contributed by atoms with van der Waals surface area (Å²) in [6.45, 7) is 1.54. The zero-order valence-corrected chi connectivity index (χ0v) is 5.81. The summed E-state index contributed by atoms with van der Waals surface area (Å²) in [4.78, 5) is 18.2. The van der Waals surface area contributed by atoms with Crippen LogP contribution in [0, 0.1) is 0 Å². The number of carboxylic acid groups (broad SMARTS) is 2. The molecule has 0 amide bonds. The molecule has 0 aliphatic heterocycles. The summed E-state index contributed by atoms with van der Waals surface area (Å²) < 4.78 is 0. The molecule has 0 aromatic rings. The van der Waals surface area contributed by atoms with E-state index in [1.165, 1.54) is 0 Å². The highest BCUT2D eigenvalue weighted by Crippen LogP contribution is 1.57. The Labute approximate surface area is 62.4 Å². The lowest BCUT2D eigenvalue weighted by Crippen LogP contribution is -2.31. The molecular formula is C4H10N2O5. The van der Waals surface area contributed by atoms with Gasteiger partial charge in [-0.25, -0.2) is 15.0 Å². The van der Waals surface area contributed by atoms with Crippen LogP contribution in [0.5, 0.6) is 0 Å². The van der Waals surface area contributed by atoms with Crippen molar-refractivity contribution in [1.29, 1.82) is 0 Å². The second-order valence-electron chi connectivity index (χ2n) is 1.45. The fraction of sp³-hybridized carbons (Fsp3) is 0.500. The van der Waals surface area contributed by atoms with Gasteiger partial charge in [0.1, 0.15) is 6.23 Å². The second-order valence-corrected chi connectivity index (χ2v) is 1.45. The number of rotatable bonds is 1. The highest BCUT2D eigenvalue weighted by atomic mass is 16.4. The van der Waals surface area contributed by atoms with Gasteiger partial charge in [0, 0.05) is 0 Å². The third-order valence-corrected chi connectivity index (χ3v) is 0.424. The van der Waals surface area contributed by atoms with E-state index in [1.807, 2.05) is 0 Å². The Morgan fingerprint density at radius 2 is 1.55 bits per heavy atom. The van der Waals surface area contributed by atoms with Gasteiger partial charge in [-0.2, -0.15) is 0 Å². The number of hydrogen-bond donors (Lipinski definition) is 5. The predicted molar refractivity (Wildman–Crippen MR) is 34.3 cm³/mol. The van der Waals surface area contributed by atoms with Gasteiger partial charge in [0.15, 0.2) is 0 Å². The molecule has 7 heteroatoms. The van der Waals surface area contributed by atoms with Gasteiger partial charge < -0.3 is 15.3 Å². The zero-order chi connectivity index (χ0) is 9.44. The quantitative estimate of drug-likeness (QED) is 0.131. The SMILES string of the molecule is CC(O)NN.O=C(O)C(=O)O. The molecule has 0 aliphatic carbocycles. The monoisotopic (exact) mass is 166 g/mol. The van der Waals surface area contributed by atoms with Crippen LogP contribution in [0.3, 0.4) is 0 Å². The summed E-state index contributed by atoms with van der Waals surface area (Å²) in [6, 6.07) is 0. The Bertz CT molecular complexity index is 122. The van der Waals surface area contributed by atoms with Crippen molar-refractivity contribution in [3.05, 3.63) is 0 Å². The second kappa shape index (κ2) is 6.93. The lowest BCUT2D eigenvalue weighted by atomic mass is 10.7. The highest BCUT2D eigenvalue weighted by Gasteiger charge is 2.04. The molecule has 0 spiro atoms. The van der Waals surface area contributed by atoms with E-state index >= 15 is 0 Å². The normalized spacial score (nSPS) is 10.8. The van der Waals surface area contributed by atoms with Gasteiger partial charge in [0.25, 0.3) is 0 Å². The number of hydrazine groups is 1. The van der Waals surface area contributed by atoms with E-state index in [0.717, 1.165) is 0 Å². The summed E-state index contributed by atoms with van der Waals surface area (Å²) in [7, 11) is 0. The number of nitrogens with one attached hydrogen (secondary N) is 1. The number of carboxylic acids is 2. The lowest BCUT2D eigenvalue weighted by molar-refractivity contribution is -0.159. The average Bonchev–Trinajstić information content (AvgIpc) is 1.89. The Balaban J connectivity index is 0. The van der Waals surface area contributed by atoms with Crippen molar-refractivity contribution in [2.24, 2.45) is 5.84 Å². The first kappa shape index (κ1) is 12.5. The molecule has 0 fully saturated rings. The number of hydrogen-bond acceptors (Lipinski definition) is 5. The predicted octanol–water partition coefficient (Wildman–Crippen LogP) is -2.06. The van der Waals surface area contributed by atoms with Crippen LogP contribution >= 0.6 is 0 Å². The smallest absolute Gasteiger partial charge is 0.414 e. The van der Waals surface area contributed by atoms with Crippen LogP contribution in [0.25, 0.3) is 0 Å². The summed E-state index contributed by atoms with van der Waals surface area (Å²) in [5.41, 5.74) is 2.08. The molecular weight excluding hydrogens is 156 g/mol. The fourth-order valence-electron chi connectivity index (χ4n) is 0. The molecule has 11 heavy (non-hydrogen) atoms. The van der Waals surface area contributed by atoms with E-state index in [9.17, 15) is 0 Å². The molecule has 0 saturated heterocycles. The Kier molecular flexibility index (Phi) is 7.87. The molecule has 0 heterocycles. The van der Waals surface area contributed by atoms with Crippen molar-refractivity contribution in [3.63, 3.8) is 0 Å². The van der Waals surface area contributed by atoms with E-state index in [2.05, 4.69) is 11.3 Å². The highest BCUT2D eigenvalue weighted by molar-refractivity contribution is 6.27. The summed E-state index contributed by atoms with van der Waals surface area (Å²) in [5.74, 6) is 1.02. The molecule has 0 aromatic heterocycles. The van der Waals surface area contributed by atoms with Crippen molar-refractivity contribution in [3.8, 4) is 0 Å². The van der Waals surface area contributed by atoms with Crippen LogP contribution in [-0.2, 0) is 9.59 Å². The van der Waals surface area contributed by atoms with Crippen molar-refractivity contribution in [1.82, 2.24) is 5.43 Å². The van der Waals surface area contributed by atoms with Crippen LogP contribution in [0.1, 0.15) is 6.92 Å². The number of aliphatic hydroxyl groups excluding tert-OH is 1. The first-order valence-electron chi connectivity index (χ1n) is 2.52. The molecule has 0 radical (unpaired) electrons. The molecule has 0 aliphatic rings. The maximum Gasteiger partial charge on any atom is 0.414 e. The number of aliphatic hydroxyl groups is 1. The Hall–Kier alpha value is -1.18. The minimum absolute atomic E-state index is 0.588. The molecule has 7 nitrogen and oxygen atoms in total. The van der Waals surface area contributed by atoms with Gasteiger partial charge >= 0.3 is 11.9 Å². The average molecular weight is 166 g/mol. The number of nitrogens with two attached hydrogens (primary N) is 1. The fourth-order valence-corrected chi connectivity index (χ4v) is 0. The van der Waals surface area contributed by atoms with Gasteiger partial charge in [-0.1, -0.05) is 0 Å². The molecule has 0 bridgehead atoms. The molecule has 0 saturated carbocycles. The van der Waals surface area contributed by atoms with Gasteiger partial charge in [-0.15, -0.1) is 0 Å². The van der Waals surface area contributed by atoms with Crippen molar-refractivity contribution in [2.45, 2.75) is 13.2 Å². The molecule has 66 valence electrons. The summed E-state index contributed by atoms with van der Waals surface area (Å²) in [5, 5.41) is 22.9. The first-order valence-corrected chi connectivity index (χ1v) is 2.52. The van der Waals surface area contributed by atoms with E-state index in [1.54, 1.807) is 6.92 Å². The maximum atomic E-state index is 9.10. The molecule has 0 aromatic carbocycles. The van der Waals surface area contributed by atoms with E-state index in [-0.39, 0.29) is 0 Å². The zero-order valence-electron chi connectivity index (χ0n) is 5.81. The number of aliphatic carboxylic acids is 2. The standard InChI is InChI=1S/C2H8N2O.C2H2O4/c1-2(5)4-3;3-1(4)2(5)6/h2,4-5H,3H2,1H3;(H,3,4)(H,5,6). The van der Waals surface area contributed by atoms with E-state index < -0.39 is 18.2 Å². The minimum atomic E-state index is -1.82. The molecule has 1 atom stereocenters. The van der Waals surface area contributed by atoms with Gasteiger partial charge in [0.05, 0.1) is 0 Å². The summed E-state index contributed by atoms with van der Waals surface area (Å²) >= 11 is 0. The van der Waals surface area contributed by atoms with Crippen LogP contribution in [0.4, 0.5) is 0 Å². The largest absolute Gasteiger partial charge is 0.473 e.